The largest absolute Gasteiger partial charge is 0.493 e. The molecule has 0 aliphatic carbocycles. The lowest BCUT2D eigenvalue weighted by Gasteiger charge is -2.16. The first-order valence-corrected chi connectivity index (χ1v) is 12.6. The fourth-order valence-electron chi connectivity index (χ4n) is 3.98. The zero-order valence-corrected chi connectivity index (χ0v) is 22.9. The number of benzene rings is 4. The quantitative estimate of drug-likeness (QED) is 0.179. The molecule has 0 fully saturated rings. The Bertz CT molecular complexity index is 1570. The monoisotopic (exact) mass is 574 g/mol. The number of nitriles is 1. The van der Waals surface area contributed by atoms with Crippen molar-refractivity contribution in [2.75, 3.05) is 12.4 Å². The molecule has 0 unspecified atom stereocenters. The Morgan fingerprint density at radius 2 is 1.84 bits per heavy atom. The van der Waals surface area contributed by atoms with E-state index in [0.29, 0.717) is 38.9 Å². The number of nitrogens with one attached hydrogen (secondary N) is 1. The number of carbonyl (C=O) groups is 1. The molecule has 4 aromatic rings. The lowest BCUT2D eigenvalue weighted by atomic mass is 10.0. The zero-order chi connectivity index (χ0) is 26.5. The van der Waals surface area contributed by atoms with Gasteiger partial charge in [0.1, 0.15) is 18.2 Å². The third-order valence-electron chi connectivity index (χ3n) is 6.01. The van der Waals surface area contributed by atoms with Crippen LogP contribution in [0.25, 0.3) is 16.8 Å². The van der Waals surface area contributed by atoms with E-state index in [9.17, 15) is 10.1 Å². The Labute approximate surface area is 229 Å². The van der Waals surface area contributed by atoms with E-state index in [1.54, 1.807) is 37.4 Å². The number of methoxy groups -OCH3 is 1. The lowest BCUT2D eigenvalue weighted by Crippen LogP contribution is -2.14. The number of anilines is 1. The van der Waals surface area contributed by atoms with Gasteiger partial charge < -0.3 is 14.8 Å². The third kappa shape index (κ3) is 5.96. The molecule has 4 rings (SSSR count). The van der Waals surface area contributed by atoms with E-state index in [4.69, 9.17) is 21.1 Å². The molecule has 0 aliphatic heterocycles. The summed E-state index contributed by atoms with van der Waals surface area (Å²) in [5.41, 5.74) is 4.15. The average molecular weight is 576 g/mol. The van der Waals surface area contributed by atoms with Crippen LogP contribution in [0, 0.1) is 25.2 Å². The van der Waals surface area contributed by atoms with Crippen molar-refractivity contribution in [3.05, 3.63) is 104 Å². The first-order valence-electron chi connectivity index (χ1n) is 11.5. The summed E-state index contributed by atoms with van der Waals surface area (Å²) >= 11 is 9.62. The maximum Gasteiger partial charge on any atom is 0.266 e. The number of ether oxygens (including phenoxy) is 2. The molecule has 1 N–H and O–H groups in total. The molecule has 0 spiro atoms. The van der Waals surface area contributed by atoms with Crippen molar-refractivity contribution >= 4 is 56.0 Å². The summed E-state index contributed by atoms with van der Waals surface area (Å²) in [6, 6.07) is 23.0. The van der Waals surface area contributed by atoms with Gasteiger partial charge in [-0.15, -0.1) is 0 Å². The van der Waals surface area contributed by atoms with Crippen LogP contribution in [0.2, 0.25) is 5.02 Å². The van der Waals surface area contributed by atoms with E-state index in [1.165, 1.54) is 6.08 Å². The fourth-order valence-corrected chi connectivity index (χ4v) is 4.72. The van der Waals surface area contributed by atoms with Crippen molar-refractivity contribution < 1.29 is 14.3 Å². The number of halogens is 2. The van der Waals surface area contributed by atoms with E-state index in [2.05, 4.69) is 52.4 Å². The van der Waals surface area contributed by atoms with Crippen LogP contribution in [0.4, 0.5) is 5.69 Å². The van der Waals surface area contributed by atoms with Gasteiger partial charge in [-0.25, -0.2) is 0 Å². The number of hydrogen-bond acceptors (Lipinski definition) is 4. The summed E-state index contributed by atoms with van der Waals surface area (Å²) < 4.78 is 12.5. The normalized spacial score (nSPS) is 11.2. The van der Waals surface area contributed by atoms with Crippen LogP contribution in [0.1, 0.15) is 22.3 Å². The van der Waals surface area contributed by atoms with Crippen LogP contribution in [0.15, 0.2) is 76.8 Å². The number of aryl methyl sites for hydroxylation is 2. The molecular formula is C30H24BrClN2O3. The maximum atomic E-state index is 12.8. The topological polar surface area (TPSA) is 71.3 Å². The lowest BCUT2D eigenvalue weighted by molar-refractivity contribution is -0.112. The first-order chi connectivity index (χ1) is 17.8. The van der Waals surface area contributed by atoms with E-state index < -0.39 is 5.91 Å². The maximum absolute atomic E-state index is 12.8. The summed E-state index contributed by atoms with van der Waals surface area (Å²) in [4.78, 5) is 12.8. The van der Waals surface area contributed by atoms with Gasteiger partial charge in [-0.1, -0.05) is 54.1 Å². The van der Waals surface area contributed by atoms with E-state index in [1.807, 2.05) is 25.1 Å². The third-order valence-corrected chi connectivity index (χ3v) is 6.84. The second kappa shape index (κ2) is 11.5. The number of fused-ring (bicyclic) bond motifs is 1. The summed E-state index contributed by atoms with van der Waals surface area (Å²) in [6.07, 6.45) is 1.50. The van der Waals surface area contributed by atoms with Gasteiger partial charge in [-0.05, 0) is 87.6 Å². The van der Waals surface area contributed by atoms with Crippen molar-refractivity contribution in [2.24, 2.45) is 0 Å². The molecule has 0 aliphatic rings. The Morgan fingerprint density at radius 1 is 1.08 bits per heavy atom. The molecule has 4 aromatic carbocycles. The Balaban J connectivity index is 1.60. The molecule has 0 bridgehead atoms. The highest BCUT2D eigenvalue weighted by atomic mass is 79.9. The molecule has 0 aromatic heterocycles. The molecule has 0 atom stereocenters. The van der Waals surface area contributed by atoms with Crippen LogP contribution >= 0.6 is 27.5 Å². The summed E-state index contributed by atoms with van der Waals surface area (Å²) in [7, 11) is 1.55. The van der Waals surface area contributed by atoms with Gasteiger partial charge in [-0.2, -0.15) is 5.26 Å². The summed E-state index contributed by atoms with van der Waals surface area (Å²) in [5.74, 6) is 0.473. The molecular weight excluding hydrogens is 552 g/mol. The number of carbonyl (C=O) groups excluding carboxylic acids is 1. The van der Waals surface area contributed by atoms with Crippen molar-refractivity contribution in [1.29, 1.82) is 5.26 Å². The van der Waals surface area contributed by atoms with Gasteiger partial charge in [-0.3, -0.25) is 4.79 Å². The van der Waals surface area contributed by atoms with Crippen LogP contribution < -0.4 is 14.8 Å². The van der Waals surface area contributed by atoms with Crippen molar-refractivity contribution in [2.45, 2.75) is 20.5 Å². The van der Waals surface area contributed by atoms with E-state index in [-0.39, 0.29) is 5.57 Å². The standard InChI is InChI=1S/C30H24BrClN2O3/c1-18-8-10-21-6-4-5-7-24(21)25(18)17-37-29-26(31)13-20(14-28(29)36-3)12-22(16-33)30(35)34-27-15-23(32)11-9-19(27)2/h4-15H,17H2,1-3H3,(H,34,35)/b22-12+. The minimum atomic E-state index is -0.533. The van der Waals surface area contributed by atoms with Gasteiger partial charge >= 0.3 is 0 Å². The zero-order valence-electron chi connectivity index (χ0n) is 20.6. The Kier molecular flexibility index (Phi) is 8.17. The van der Waals surface area contributed by atoms with Crippen molar-refractivity contribution in [3.63, 3.8) is 0 Å². The summed E-state index contributed by atoms with van der Waals surface area (Å²) in [5, 5.41) is 15.2. The predicted octanol–water partition coefficient (Wildman–Crippen LogP) is 8.01. The highest BCUT2D eigenvalue weighted by molar-refractivity contribution is 9.10. The second-order valence-corrected chi connectivity index (χ2v) is 9.78. The summed E-state index contributed by atoms with van der Waals surface area (Å²) in [6.45, 7) is 4.26. The molecule has 37 heavy (non-hydrogen) atoms. The Hall–Kier alpha value is -3.79. The molecule has 1 amide bonds. The number of nitrogens with zero attached hydrogens (tertiary/aromatic N) is 1. The van der Waals surface area contributed by atoms with Crippen LogP contribution in [0.5, 0.6) is 11.5 Å². The van der Waals surface area contributed by atoms with Gasteiger partial charge in [0, 0.05) is 16.3 Å². The fraction of sp³-hybridized carbons (Fsp3) is 0.133. The van der Waals surface area contributed by atoms with Gasteiger partial charge in [0.15, 0.2) is 11.5 Å². The molecule has 0 radical (unpaired) electrons. The highest BCUT2D eigenvalue weighted by Gasteiger charge is 2.16. The molecule has 7 heteroatoms. The molecule has 0 saturated heterocycles. The smallest absolute Gasteiger partial charge is 0.266 e. The van der Waals surface area contributed by atoms with Crippen molar-refractivity contribution in [1.82, 2.24) is 0 Å². The number of amides is 1. The van der Waals surface area contributed by atoms with E-state index in [0.717, 1.165) is 27.5 Å². The second-order valence-electron chi connectivity index (χ2n) is 8.49. The Morgan fingerprint density at radius 3 is 2.59 bits per heavy atom. The number of hydrogen-bond donors (Lipinski definition) is 1. The molecule has 186 valence electrons. The average Bonchev–Trinajstić information content (AvgIpc) is 2.89. The minimum Gasteiger partial charge on any atom is -0.493 e. The predicted molar refractivity (Wildman–Crippen MR) is 152 cm³/mol. The van der Waals surface area contributed by atoms with Gasteiger partial charge in [0.2, 0.25) is 0 Å². The van der Waals surface area contributed by atoms with Crippen molar-refractivity contribution in [3.8, 4) is 17.6 Å². The minimum absolute atomic E-state index is 0.0617. The van der Waals surface area contributed by atoms with Crippen LogP contribution in [-0.2, 0) is 11.4 Å². The van der Waals surface area contributed by atoms with Crippen LogP contribution in [-0.4, -0.2) is 13.0 Å². The van der Waals surface area contributed by atoms with Gasteiger partial charge in [0.25, 0.3) is 5.91 Å². The van der Waals surface area contributed by atoms with E-state index >= 15 is 0 Å². The van der Waals surface area contributed by atoms with Crippen LogP contribution in [0.3, 0.4) is 0 Å². The highest BCUT2D eigenvalue weighted by Crippen LogP contribution is 2.38. The van der Waals surface area contributed by atoms with Gasteiger partial charge in [0.05, 0.1) is 11.6 Å². The SMILES string of the molecule is COc1cc(/C=C(\C#N)C(=O)Nc2cc(Cl)ccc2C)cc(Br)c1OCc1c(C)ccc2ccccc12. The molecule has 0 saturated carbocycles. The molecule has 0 heterocycles. The first kappa shape index (κ1) is 26.3. The molecule has 5 nitrogen and oxygen atoms in total. The number of rotatable bonds is 7.